The maximum Gasteiger partial charge on any atom is 0.435 e. The number of anilines is 2. The fraction of sp³-hybridized carbons (Fsp3) is 0.0667. The van der Waals surface area contributed by atoms with Gasteiger partial charge in [0.1, 0.15) is 17.3 Å². The van der Waals surface area contributed by atoms with Crippen molar-refractivity contribution in [3.8, 4) is 17.1 Å². The lowest BCUT2D eigenvalue weighted by Crippen LogP contribution is -2.25. The maximum atomic E-state index is 13.9. The molecule has 1 aliphatic heterocycles. The van der Waals surface area contributed by atoms with Crippen LogP contribution in [0.3, 0.4) is 0 Å². The molecule has 218 valence electrons. The summed E-state index contributed by atoms with van der Waals surface area (Å²) in [6, 6.07) is 18.8. The molecule has 0 aliphatic carbocycles. The first-order chi connectivity index (χ1) is 20.4. The molecule has 2 heterocycles. The molecule has 0 saturated heterocycles. The van der Waals surface area contributed by atoms with Crippen LogP contribution >= 0.6 is 11.6 Å². The van der Waals surface area contributed by atoms with Crippen molar-refractivity contribution in [1.82, 2.24) is 0 Å². The number of carboxylic acid groups (broad SMARTS) is 1. The van der Waals surface area contributed by atoms with E-state index in [0.29, 0.717) is 22.0 Å². The number of halogens is 4. The molecule has 0 spiro atoms. The van der Waals surface area contributed by atoms with Crippen LogP contribution in [0, 0.1) is 0 Å². The summed E-state index contributed by atoms with van der Waals surface area (Å²) in [6.45, 7) is 0. The zero-order chi connectivity index (χ0) is 30.9. The van der Waals surface area contributed by atoms with E-state index in [0.717, 1.165) is 12.1 Å². The molecule has 0 radical (unpaired) electrons. The number of furan rings is 1. The number of carboxylic acids is 1. The number of ether oxygens (including phenoxy) is 1. The minimum absolute atomic E-state index is 0.103. The van der Waals surface area contributed by atoms with Crippen molar-refractivity contribution in [3.05, 3.63) is 106 Å². The number of nitrogens with one attached hydrogen (secondary N) is 1. The predicted molar refractivity (Wildman–Crippen MR) is 152 cm³/mol. The summed E-state index contributed by atoms with van der Waals surface area (Å²) in [5.74, 6) is -2.36. The molecule has 3 aromatic carbocycles. The quantitative estimate of drug-likeness (QED) is 0.220. The first-order valence-electron chi connectivity index (χ1n) is 12.4. The van der Waals surface area contributed by atoms with Gasteiger partial charge in [-0.05, 0) is 66.7 Å². The zero-order valence-corrected chi connectivity index (χ0v) is 22.7. The number of rotatable bonds is 7. The van der Waals surface area contributed by atoms with E-state index in [2.05, 4.69) is 10.4 Å². The number of hydrazone groups is 1. The second-order valence-electron chi connectivity index (χ2n) is 9.06. The minimum Gasteiger partial charge on any atom is -0.497 e. The molecule has 0 saturated carbocycles. The summed E-state index contributed by atoms with van der Waals surface area (Å²) in [7, 11) is 1.49. The number of alkyl halides is 3. The molecule has 0 bridgehead atoms. The summed E-state index contributed by atoms with van der Waals surface area (Å²) in [5.41, 5.74) is -1.71. The average Bonchev–Trinajstić information content (AvgIpc) is 3.58. The van der Waals surface area contributed by atoms with Crippen molar-refractivity contribution in [2.24, 2.45) is 5.10 Å². The molecule has 9 nitrogen and oxygen atoms in total. The van der Waals surface area contributed by atoms with Gasteiger partial charge >= 0.3 is 12.1 Å². The lowest BCUT2D eigenvalue weighted by molar-refractivity contribution is -0.114. The van der Waals surface area contributed by atoms with Crippen LogP contribution in [0.25, 0.3) is 17.4 Å². The zero-order valence-electron chi connectivity index (χ0n) is 22.0. The van der Waals surface area contributed by atoms with Gasteiger partial charge in [0, 0.05) is 17.3 Å². The smallest absolute Gasteiger partial charge is 0.435 e. The Bertz CT molecular complexity index is 1830. The SMILES string of the molecule is COc1cccc(NC(=O)c2cc(-c3ccc(/C=C4/C(=O)N(c5cccc(C(=O)O)c5)N=C4C(F)(F)F)o3)ccc2Cl)c1. The highest BCUT2D eigenvalue weighted by Crippen LogP contribution is 2.34. The number of hydrogen-bond acceptors (Lipinski definition) is 6. The van der Waals surface area contributed by atoms with E-state index >= 15 is 0 Å². The highest BCUT2D eigenvalue weighted by molar-refractivity contribution is 6.35. The van der Waals surface area contributed by atoms with Crippen LogP contribution < -0.4 is 15.1 Å². The number of methoxy groups -OCH3 is 1. The summed E-state index contributed by atoms with van der Waals surface area (Å²) < 4.78 is 52.5. The van der Waals surface area contributed by atoms with Crippen molar-refractivity contribution in [1.29, 1.82) is 0 Å². The van der Waals surface area contributed by atoms with Crippen LogP contribution in [0.4, 0.5) is 24.5 Å². The second kappa shape index (κ2) is 11.5. The lowest BCUT2D eigenvalue weighted by atomic mass is 10.1. The Kier molecular flexibility index (Phi) is 7.79. The fourth-order valence-electron chi connectivity index (χ4n) is 4.18. The molecule has 1 aromatic heterocycles. The van der Waals surface area contributed by atoms with E-state index in [1.54, 1.807) is 30.3 Å². The standard InChI is InChI=1S/C30H19ClF3N3O6/c1-42-20-7-3-5-18(14-20)35-27(38)22-13-16(8-10-24(22)31)25-11-9-21(43-25)15-23-26(30(32,33)34)36-37(28(23)39)19-6-2-4-17(12-19)29(40)41/h2-15H,1H3,(H,35,38)(H,40,41)/b23-15+. The maximum absolute atomic E-state index is 13.9. The van der Waals surface area contributed by atoms with Gasteiger partial charge in [-0.15, -0.1) is 0 Å². The first kappa shape index (κ1) is 29.1. The van der Waals surface area contributed by atoms with Gasteiger partial charge in [-0.1, -0.05) is 23.7 Å². The number of hydrogen-bond donors (Lipinski definition) is 2. The monoisotopic (exact) mass is 609 g/mol. The van der Waals surface area contributed by atoms with Gasteiger partial charge in [0.25, 0.3) is 11.8 Å². The Morgan fingerprint density at radius 3 is 2.53 bits per heavy atom. The van der Waals surface area contributed by atoms with Crippen LogP contribution in [-0.4, -0.2) is 41.9 Å². The van der Waals surface area contributed by atoms with Crippen molar-refractivity contribution >= 4 is 52.5 Å². The van der Waals surface area contributed by atoms with E-state index in [4.69, 9.17) is 20.8 Å². The highest BCUT2D eigenvalue weighted by atomic mass is 35.5. The highest BCUT2D eigenvalue weighted by Gasteiger charge is 2.47. The van der Waals surface area contributed by atoms with Gasteiger partial charge in [-0.2, -0.15) is 23.3 Å². The summed E-state index contributed by atoms with van der Waals surface area (Å²) in [4.78, 5) is 37.3. The van der Waals surface area contributed by atoms with Gasteiger partial charge < -0.3 is 19.6 Å². The van der Waals surface area contributed by atoms with Crippen LogP contribution in [0.15, 0.2) is 94.0 Å². The van der Waals surface area contributed by atoms with Crippen LogP contribution in [0.5, 0.6) is 5.75 Å². The molecule has 2 amide bonds. The summed E-state index contributed by atoms with van der Waals surface area (Å²) >= 11 is 6.27. The van der Waals surface area contributed by atoms with E-state index in [9.17, 15) is 32.7 Å². The third-order valence-corrected chi connectivity index (χ3v) is 6.55. The number of nitrogens with zero attached hydrogens (tertiary/aromatic N) is 2. The van der Waals surface area contributed by atoms with Gasteiger partial charge in [0.2, 0.25) is 0 Å². The van der Waals surface area contributed by atoms with Crippen molar-refractivity contribution in [3.63, 3.8) is 0 Å². The molecule has 4 aromatic rings. The summed E-state index contributed by atoms with van der Waals surface area (Å²) in [5, 5.41) is 16.0. The van der Waals surface area contributed by atoms with Gasteiger partial charge in [-0.3, -0.25) is 9.59 Å². The van der Waals surface area contributed by atoms with Crippen LogP contribution in [-0.2, 0) is 4.79 Å². The Morgan fingerprint density at radius 2 is 1.81 bits per heavy atom. The van der Waals surface area contributed by atoms with E-state index < -0.39 is 35.2 Å². The topological polar surface area (TPSA) is 121 Å². The van der Waals surface area contributed by atoms with Gasteiger partial charge in [-0.25, -0.2) is 4.79 Å². The molecule has 13 heteroatoms. The third-order valence-electron chi connectivity index (χ3n) is 6.22. The van der Waals surface area contributed by atoms with E-state index in [-0.39, 0.29) is 33.4 Å². The Hall–Kier alpha value is -5.36. The van der Waals surface area contributed by atoms with Crippen molar-refractivity contribution in [2.75, 3.05) is 17.4 Å². The molecular formula is C30H19ClF3N3O6. The van der Waals surface area contributed by atoms with E-state index in [1.165, 1.54) is 49.6 Å². The van der Waals surface area contributed by atoms with Crippen LogP contribution in [0.2, 0.25) is 5.02 Å². The third kappa shape index (κ3) is 6.14. The number of carbonyl (C=O) groups excluding carboxylic acids is 2. The molecule has 1 aliphatic rings. The average molecular weight is 610 g/mol. The first-order valence-corrected chi connectivity index (χ1v) is 12.7. The second-order valence-corrected chi connectivity index (χ2v) is 9.47. The normalized spacial score (nSPS) is 14.2. The molecule has 0 fully saturated rings. The van der Waals surface area contributed by atoms with Crippen LogP contribution in [0.1, 0.15) is 26.5 Å². The van der Waals surface area contributed by atoms with Crippen molar-refractivity contribution < 1.29 is 41.8 Å². The number of benzene rings is 3. The number of carbonyl (C=O) groups is 3. The lowest BCUT2D eigenvalue weighted by Gasteiger charge is -2.12. The van der Waals surface area contributed by atoms with Crippen molar-refractivity contribution in [2.45, 2.75) is 6.18 Å². The molecule has 43 heavy (non-hydrogen) atoms. The molecule has 2 N–H and O–H groups in total. The predicted octanol–water partition coefficient (Wildman–Crippen LogP) is 6.91. The van der Waals surface area contributed by atoms with Gasteiger partial charge in [0.05, 0.1) is 34.5 Å². The molecule has 0 unspecified atom stereocenters. The van der Waals surface area contributed by atoms with E-state index in [1.807, 2.05) is 0 Å². The Balaban J connectivity index is 1.43. The molecule has 5 rings (SSSR count). The minimum atomic E-state index is -5.00. The fourth-order valence-corrected chi connectivity index (χ4v) is 4.38. The van der Waals surface area contributed by atoms with Gasteiger partial charge in [0.15, 0.2) is 5.71 Å². The molecule has 0 atom stereocenters. The summed E-state index contributed by atoms with van der Waals surface area (Å²) in [6.07, 6.45) is -4.11. The Morgan fingerprint density at radius 1 is 1.05 bits per heavy atom. The number of aromatic carboxylic acids is 1. The largest absolute Gasteiger partial charge is 0.497 e. The number of amides is 2. The Labute approximate surface area is 246 Å². The molecular weight excluding hydrogens is 591 g/mol.